The van der Waals surface area contributed by atoms with Crippen LogP contribution in [-0.2, 0) is 14.3 Å². The van der Waals surface area contributed by atoms with Crippen molar-refractivity contribution in [3.05, 3.63) is 0 Å². The average molecular weight is 230 g/mol. The van der Waals surface area contributed by atoms with Crippen LogP contribution in [0.5, 0.6) is 0 Å². The summed E-state index contributed by atoms with van der Waals surface area (Å²) < 4.78 is 10.1. The Morgan fingerprint density at radius 2 is 2.19 bits per heavy atom. The Bertz CT molecular complexity index is 194. The van der Waals surface area contributed by atoms with Crippen LogP contribution >= 0.6 is 0 Å². The molecule has 5 heteroatoms. The monoisotopic (exact) mass is 230 g/mol. The van der Waals surface area contributed by atoms with E-state index >= 15 is 0 Å². The third-order valence-corrected chi connectivity index (χ3v) is 2.61. The van der Waals surface area contributed by atoms with Gasteiger partial charge in [0, 0.05) is 46.3 Å². The van der Waals surface area contributed by atoms with Gasteiger partial charge in [0.15, 0.2) is 0 Å². The highest BCUT2D eigenvalue weighted by Crippen LogP contribution is 1.95. The molecule has 0 unspecified atom stereocenters. The Morgan fingerprint density at radius 3 is 2.88 bits per heavy atom. The van der Waals surface area contributed by atoms with Gasteiger partial charge in [-0.3, -0.25) is 9.69 Å². The minimum atomic E-state index is 0.116. The lowest BCUT2D eigenvalue weighted by Crippen LogP contribution is -2.41. The second-order valence-electron chi connectivity index (χ2n) is 3.90. The normalized spacial score (nSPS) is 17.3. The predicted molar refractivity (Wildman–Crippen MR) is 61.4 cm³/mol. The molecule has 0 saturated carbocycles. The molecule has 0 bridgehead atoms. The quantitative estimate of drug-likeness (QED) is 0.619. The molecule has 1 aliphatic rings. The predicted octanol–water partition coefficient (Wildman–Crippen LogP) is -0.139. The van der Waals surface area contributed by atoms with Gasteiger partial charge in [0.05, 0.1) is 13.2 Å². The minimum absolute atomic E-state index is 0.116. The van der Waals surface area contributed by atoms with E-state index in [2.05, 4.69) is 10.2 Å². The van der Waals surface area contributed by atoms with E-state index in [1.54, 1.807) is 7.11 Å². The summed E-state index contributed by atoms with van der Waals surface area (Å²) in [5, 5.41) is 2.91. The fourth-order valence-electron chi connectivity index (χ4n) is 1.64. The molecule has 0 radical (unpaired) electrons. The first-order valence-electron chi connectivity index (χ1n) is 5.88. The Labute approximate surface area is 97.1 Å². The molecule has 0 aromatic rings. The number of morpholine rings is 1. The second kappa shape index (κ2) is 8.50. The molecule has 1 rings (SSSR count). The number of amides is 1. The van der Waals surface area contributed by atoms with Crippen LogP contribution in [0.3, 0.4) is 0 Å². The van der Waals surface area contributed by atoms with Crippen molar-refractivity contribution in [3.8, 4) is 0 Å². The number of nitrogens with one attached hydrogen (secondary N) is 1. The molecule has 1 fully saturated rings. The Hall–Kier alpha value is -0.650. The lowest BCUT2D eigenvalue weighted by Gasteiger charge is -2.26. The van der Waals surface area contributed by atoms with Gasteiger partial charge in [0.25, 0.3) is 0 Å². The molecule has 16 heavy (non-hydrogen) atoms. The van der Waals surface area contributed by atoms with Crippen molar-refractivity contribution in [1.82, 2.24) is 10.2 Å². The number of carbonyl (C=O) groups is 1. The molecule has 1 heterocycles. The van der Waals surface area contributed by atoms with Crippen molar-refractivity contribution >= 4 is 5.91 Å². The van der Waals surface area contributed by atoms with E-state index in [9.17, 15) is 4.79 Å². The van der Waals surface area contributed by atoms with Gasteiger partial charge in [-0.05, 0) is 6.42 Å². The van der Waals surface area contributed by atoms with E-state index in [1.165, 1.54) is 0 Å². The summed E-state index contributed by atoms with van der Waals surface area (Å²) in [7, 11) is 1.65. The lowest BCUT2D eigenvalue weighted by atomic mass is 10.3. The van der Waals surface area contributed by atoms with Gasteiger partial charge in [-0.1, -0.05) is 0 Å². The van der Waals surface area contributed by atoms with E-state index in [0.717, 1.165) is 45.8 Å². The van der Waals surface area contributed by atoms with Gasteiger partial charge >= 0.3 is 0 Å². The molecule has 1 N–H and O–H groups in total. The minimum Gasteiger partial charge on any atom is -0.385 e. The molecular weight excluding hydrogens is 208 g/mol. The summed E-state index contributed by atoms with van der Waals surface area (Å²) in [6, 6.07) is 0. The maximum Gasteiger partial charge on any atom is 0.220 e. The molecule has 0 atom stereocenters. The molecule has 0 aromatic carbocycles. The highest BCUT2D eigenvalue weighted by atomic mass is 16.5. The molecule has 1 saturated heterocycles. The zero-order valence-electron chi connectivity index (χ0n) is 10.0. The highest BCUT2D eigenvalue weighted by molar-refractivity contribution is 5.75. The fraction of sp³-hybridized carbons (Fsp3) is 0.909. The van der Waals surface area contributed by atoms with Crippen molar-refractivity contribution in [2.24, 2.45) is 0 Å². The smallest absolute Gasteiger partial charge is 0.220 e. The van der Waals surface area contributed by atoms with Gasteiger partial charge in [-0.2, -0.15) is 0 Å². The first-order valence-corrected chi connectivity index (χ1v) is 5.88. The molecule has 94 valence electrons. The van der Waals surface area contributed by atoms with Crippen LogP contribution in [0.2, 0.25) is 0 Å². The van der Waals surface area contributed by atoms with Crippen LogP contribution in [0.1, 0.15) is 12.8 Å². The molecule has 1 aliphatic heterocycles. The number of hydrogen-bond donors (Lipinski definition) is 1. The molecule has 1 amide bonds. The molecule has 0 aliphatic carbocycles. The van der Waals surface area contributed by atoms with E-state index < -0.39 is 0 Å². The van der Waals surface area contributed by atoms with Gasteiger partial charge in [0.2, 0.25) is 5.91 Å². The first kappa shape index (κ1) is 13.4. The maximum atomic E-state index is 11.3. The Kier molecular flexibility index (Phi) is 7.12. The SMILES string of the molecule is COCCCC(=O)NCCN1CCOCC1. The molecular formula is C11H22N2O3. The largest absolute Gasteiger partial charge is 0.385 e. The third-order valence-electron chi connectivity index (χ3n) is 2.61. The van der Waals surface area contributed by atoms with Crippen LogP contribution in [0.25, 0.3) is 0 Å². The third kappa shape index (κ3) is 6.05. The average Bonchev–Trinajstić information content (AvgIpc) is 2.31. The van der Waals surface area contributed by atoms with Crippen molar-refractivity contribution in [3.63, 3.8) is 0 Å². The van der Waals surface area contributed by atoms with Crippen LogP contribution in [0.15, 0.2) is 0 Å². The fourth-order valence-corrected chi connectivity index (χ4v) is 1.64. The number of rotatable bonds is 7. The van der Waals surface area contributed by atoms with E-state index in [4.69, 9.17) is 9.47 Å². The lowest BCUT2D eigenvalue weighted by molar-refractivity contribution is -0.121. The van der Waals surface area contributed by atoms with E-state index in [1.807, 2.05) is 0 Å². The van der Waals surface area contributed by atoms with Crippen LogP contribution in [0, 0.1) is 0 Å². The molecule has 0 spiro atoms. The summed E-state index contributed by atoms with van der Waals surface area (Å²) in [6.45, 7) is 5.85. The number of carbonyl (C=O) groups excluding carboxylic acids is 1. The summed E-state index contributed by atoms with van der Waals surface area (Å²) in [6.07, 6.45) is 1.34. The number of hydrogen-bond acceptors (Lipinski definition) is 4. The Morgan fingerprint density at radius 1 is 1.44 bits per heavy atom. The topological polar surface area (TPSA) is 50.8 Å². The van der Waals surface area contributed by atoms with E-state index in [-0.39, 0.29) is 5.91 Å². The van der Waals surface area contributed by atoms with Crippen LogP contribution in [-0.4, -0.2) is 63.9 Å². The van der Waals surface area contributed by atoms with Crippen molar-refractivity contribution in [2.75, 3.05) is 53.1 Å². The standard InChI is InChI=1S/C11H22N2O3/c1-15-8-2-3-11(14)12-4-5-13-6-9-16-10-7-13/h2-10H2,1H3,(H,12,14). The van der Waals surface area contributed by atoms with Crippen molar-refractivity contribution in [2.45, 2.75) is 12.8 Å². The number of nitrogens with zero attached hydrogens (tertiary/aromatic N) is 1. The summed E-state index contributed by atoms with van der Waals surface area (Å²) in [5.41, 5.74) is 0. The number of methoxy groups -OCH3 is 1. The highest BCUT2D eigenvalue weighted by Gasteiger charge is 2.09. The second-order valence-corrected chi connectivity index (χ2v) is 3.90. The molecule has 0 aromatic heterocycles. The summed E-state index contributed by atoms with van der Waals surface area (Å²) in [5.74, 6) is 0.116. The molecule has 5 nitrogen and oxygen atoms in total. The summed E-state index contributed by atoms with van der Waals surface area (Å²) >= 11 is 0. The van der Waals surface area contributed by atoms with Gasteiger partial charge in [-0.15, -0.1) is 0 Å². The van der Waals surface area contributed by atoms with Gasteiger partial charge in [-0.25, -0.2) is 0 Å². The van der Waals surface area contributed by atoms with Crippen molar-refractivity contribution in [1.29, 1.82) is 0 Å². The first-order chi connectivity index (χ1) is 7.83. The maximum absolute atomic E-state index is 11.3. The number of ether oxygens (including phenoxy) is 2. The van der Waals surface area contributed by atoms with Crippen LogP contribution < -0.4 is 5.32 Å². The zero-order valence-corrected chi connectivity index (χ0v) is 10.0. The zero-order chi connectivity index (χ0) is 11.6. The van der Waals surface area contributed by atoms with Gasteiger partial charge in [0.1, 0.15) is 0 Å². The summed E-state index contributed by atoms with van der Waals surface area (Å²) in [4.78, 5) is 13.7. The van der Waals surface area contributed by atoms with E-state index in [0.29, 0.717) is 13.0 Å². The van der Waals surface area contributed by atoms with Crippen molar-refractivity contribution < 1.29 is 14.3 Å². The van der Waals surface area contributed by atoms with Crippen LogP contribution in [0.4, 0.5) is 0 Å². The Balaban J connectivity index is 1.94. The van der Waals surface area contributed by atoms with Gasteiger partial charge < -0.3 is 14.8 Å².